The van der Waals surface area contributed by atoms with Gasteiger partial charge in [0, 0.05) is 25.9 Å². The minimum Gasteiger partial charge on any atom is -0.377 e. The Labute approximate surface area is 111 Å². The van der Waals surface area contributed by atoms with Gasteiger partial charge >= 0.3 is 0 Å². The third kappa shape index (κ3) is 4.87. The number of aromatic nitrogens is 2. The van der Waals surface area contributed by atoms with Crippen LogP contribution in [0.15, 0.2) is 10.7 Å². The van der Waals surface area contributed by atoms with Crippen molar-refractivity contribution in [2.24, 2.45) is 0 Å². The van der Waals surface area contributed by atoms with Crippen molar-refractivity contribution < 1.29 is 4.74 Å². The number of nitrogens with zero attached hydrogens (tertiary/aromatic N) is 2. The molecule has 0 spiro atoms. The summed E-state index contributed by atoms with van der Waals surface area (Å²) in [4.78, 5) is 8.51. The second-order valence-corrected chi connectivity index (χ2v) is 4.42. The highest BCUT2D eigenvalue weighted by Crippen LogP contribution is 2.20. The van der Waals surface area contributed by atoms with E-state index in [1.54, 1.807) is 6.20 Å². The highest BCUT2D eigenvalue weighted by Gasteiger charge is 2.06. The molecule has 96 valence electrons. The van der Waals surface area contributed by atoms with Crippen LogP contribution in [0.5, 0.6) is 0 Å². The lowest BCUT2D eigenvalue weighted by molar-refractivity contribution is 0.0855. The molecule has 1 aromatic heterocycles. The van der Waals surface area contributed by atoms with Crippen molar-refractivity contribution in [2.45, 2.75) is 26.9 Å². The van der Waals surface area contributed by atoms with Crippen molar-refractivity contribution >= 4 is 27.7 Å². The van der Waals surface area contributed by atoms with Gasteiger partial charge in [-0.25, -0.2) is 4.98 Å². The Balaban J connectivity index is 2.59. The van der Waals surface area contributed by atoms with Gasteiger partial charge in [-0.05, 0) is 36.7 Å². The van der Waals surface area contributed by atoms with Gasteiger partial charge in [-0.3, -0.25) is 0 Å². The minimum absolute atomic E-state index is 0.157. The van der Waals surface area contributed by atoms with Gasteiger partial charge in [0.2, 0.25) is 5.95 Å². The Kier molecular flexibility index (Phi) is 6.21. The number of rotatable bonds is 7. The zero-order chi connectivity index (χ0) is 12.7. The van der Waals surface area contributed by atoms with Gasteiger partial charge in [-0.1, -0.05) is 0 Å². The van der Waals surface area contributed by atoms with Crippen LogP contribution in [0.2, 0.25) is 0 Å². The van der Waals surface area contributed by atoms with Crippen LogP contribution in [0, 0.1) is 0 Å². The molecule has 0 amide bonds. The first-order chi connectivity index (χ1) is 8.17. The van der Waals surface area contributed by atoms with E-state index in [1.807, 2.05) is 20.8 Å². The van der Waals surface area contributed by atoms with E-state index in [-0.39, 0.29) is 6.10 Å². The van der Waals surface area contributed by atoms with Gasteiger partial charge < -0.3 is 15.4 Å². The highest BCUT2D eigenvalue weighted by molar-refractivity contribution is 9.10. The summed E-state index contributed by atoms with van der Waals surface area (Å²) in [7, 11) is 0. The summed E-state index contributed by atoms with van der Waals surface area (Å²) >= 11 is 3.41. The van der Waals surface area contributed by atoms with Gasteiger partial charge in [0.15, 0.2) is 0 Å². The van der Waals surface area contributed by atoms with Crippen LogP contribution in [-0.2, 0) is 4.74 Å². The zero-order valence-electron chi connectivity index (χ0n) is 10.5. The van der Waals surface area contributed by atoms with Crippen LogP contribution in [0.25, 0.3) is 0 Å². The maximum atomic E-state index is 5.44. The maximum absolute atomic E-state index is 5.44. The van der Waals surface area contributed by atoms with Crippen LogP contribution in [0.4, 0.5) is 11.8 Å². The van der Waals surface area contributed by atoms with Crippen LogP contribution >= 0.6 is 15.9 Å². The summed E-state index contributed by atoms with van der Waals surface area (Å²) in [5.41, 5.74) is 0. The molecule has 0 aromatic carbocycles. The molecule has 0 aliphatic carbocycles. The predicted molar refractivity (Wildman–Crippen MR) is 73.5 cm³/mol. The van der Waals surface area contributed by atoms with E-state index in [0.717, 1.165) is 30.0 Å². The number of halogens is 1. The highest BCUT2D eigenvalue weighted by atomic mass is 79.9. The Morgan fingerprint density at radius 3 is 2.82 bits per heavy atom. The van der Waals surface area contributed by atoms with Crippen LogP contribution in [0.3, 0.4) is 0 Å². The quantitative estimate of drug-likeness (QED) is 0.810. The van der Waals surface area contributed by atoms with Crippen molar-refractivity contribution in [2.75, 3.05) is 30.3 Å². The van der Waals surface area contributed by atoms with Gasteiger partial charge in [0.05, 0.1) is 10.6 Å². The number of ether oxygens (including phenoxy) is 1. The van der Waals surface area contributed by atoms with Gasteiger partial charge in [0.25, 0.3) is 0 Å². The van der Waals surface area contributed by atoms with Gasteiger partial charge in [0.1, 0.15) is 5.82 Å². The molecule has 6 heteroatoms. The molecule has 0 aliphatic rings. The van der Waals surface area contributed by atoms with E-state index in [9.17, 15) is 0 Å². The van der Waals surface area contributed by atoms with Gasteiger partial charge in [-0.15, -0.1) is 0 Å². The minimum atomic E-state index is 0.157. The third-order valence-corrected chi connectivity index (χ3v) is 2.67. The third-order valence-electron chi connectivity index (χ3n) is 2.09. The maximum Gasteiger partial charge on any atom is 0.224 e. The largest absolute Gasteiger partial charge is 0.377 e. The first-order valence-corrected chi connectivity index (χ1v) is 6.58. The lowest BCUT2D eigenvalue weighted by atomic mass is 10.4. The van der Waals surface area contributed by atoms with Crippen molar-refractivity contribution in [3.05, 3.63) is 10.7 Å². The van der Waals surface area contributed by atoms with E-state index >= 15 is 0 Å². The molecule has 5 nitrogen and oxygen atoms in total. The fourth-order valence-electron chi connectivity index (χ4n) is 1.32. The predicted octanol–water partition coefficient (Wildman–Crippen LogP) is 2.51. The van der Waals surface area contributed by atoms with E-state index in [1.165, 1.54) is 0 Å². The van der Waals surface area contributed by atoms with Crippen LogP contribution < -0.4 is 10.6 Å². The lowest BCUT2D eigenvalue weighted by Crippen LogP contribution is -2.20. The summed E-state index contributed by atoms with van der Waals surface area (Å²) in [6, 6.07) is 0. The molecule has 0 radical (unpaired) electrons. The Hall–Kier alpha value is -0.880. The molecule has 1 atom stereocenters. The molecule has 2 N–H and O–H groups in total. The summed E-state index contributed by atoms with van der Waals surface area (Å²) in [5.74, 6) is 1.41. The fraction of sp³-hybridized carbons (Fsp3) is 0.636. The molecule has 1 aromatic rings. The first kappa shape index (κ1) is 14.2. The summed E-state index contributed by atoms with van der Waals surface area (Å²) < 4.78 is 6.29. The van der Waals surface area contributed by atoms with Crippen LogP contribution in [0.1, 0.15) is 20.8 Å². The summed E-state index contributed by atoms with van der Waals surface area (Å²) in [6.07, 6.45) is 1.89. The molecule has 0 bridgehead atoms. The van der Waals surface area contributed by atoms with E-state index in [4.69, 9.17) is 4.74 Å². The second kappa shape index (κ2) is 7.45. The van der Waals surface area contributed by atoms with Crippen molar-refractivity contribution in [1.82, 2.24) is 9.97 Å². The standard InChI is InChI=1S/C11H19BrN4O/c1-4-13-11-15-7-9(12)10(16-11)14-6-8(3)17-5-2/h7-8H,4-6H2,1-3H3,(H2,13,14,15,16). The second-order valence-electron chi connectivity index (χ2n) is 3.57. The van der Waals surface area contributed by atoms with E-state index < -0.39 is 0 Å². The summed E-state index contributed by atoms with van der Waals surface area (Å²) in [6.45, 7) is 8.26. The molecule has 0 saturated carbocycles. The molecule has 0 aliphatic heterocycles. The van der Waals surface area contributed by atoms with E-state index in [2.05, 4.69) is 36.5 Å². The molecule has 17 heavy (non-hydrogen) atoms. The molecular formula is C11H19BrN4O. The topological polar surface area (TPSA) is 59.1 Å². The van der Waals surface area contributed by atoms with Crippen molar-refractivity contribution in [3.63, 3.8) is 0 Å². The van der Waals surface area contributed by atoms with Crippen molar-refractivity contribution in [3.8, 4) is 0 Å². The number of hydrogen-bond acceptors (Lipinski definition) is 5. The molecule has 1 rings (SSSR count). The zero-order valence-corrected chi connectivity index (χ0v) is 12.0. The number of nitrogens with one attached hydrogen (secondary N) is 2. The molecule has 0 saturated heterocycles. The molecular weight excluding hydrogens is 284 g/mol. The first-order valence-electron chi connectivity index (χ1n) is 5.79. The van der Waals surface area contributed by atoms with Crippen molar-refractivity contribution in [1.29, 1.82) is 0 Å². The monoisotopic (exact) mass is 302 g/mol. The van der Waals surface area contributed by atoms with Crippen LogP contribution in [-0.4, -0.2) is 35.8 Å². The average Bonchev–Trinajstić information content (AvgIpc) is 2.30. The normalized spacial score (nSPS) is 12.2. The SMILES string of the molecule is CCNc1ncc(Br)c(NCC(C)OCC)n1. The van der Waals surface area contributed by atoms with E-state index in [0.29, 0.717) is 5.95 Å². The molecule has 0 fully saturated rings. The Morgan fingerprint density at radius 1 is 1.41 bits per heavy atom. The summed E-state index contributed by atoms with van der Waals surface area (Å²) in [5, 5.41) is 6.31. The molecule has 1 unspecified atom stereocenters. The average molecular weight is 303 g/mol. The smallest absolute Gasteiger partial charge is 0.224 e. The number of anilines is 2. The van der Waals surface area contributed by atoms with Gasteiger partial charge in [-0.2, -0.15) is 4.98 Å². The lowest BCUT2D eigenvalue weighted by Gasteiger charge is -2.14. The Bertz CT molecular complexity index is 348. The molecule has 1 heterocycles. The Morgan fingerprint density at radius 2 is 2.18 bits per heavy atom. The fourth-order valence-corrected chi connectivity index (χ4v) is 1.65. The number of hydrogen-bond donors (Lipinski definition) is 2.